The standard InChI is InChI=1S/C42H32N3O2.C15H16N.Ir/c1-24(2)31-21-27(26-13-6-5-7-14-26)22-32(25(3)4)39(31)45-35-19-10-9-18-34(35)43-41(45)30-17-12-16-28-33-23-37-38(44-42(33)47-40(28)30)29-15-8-11-20-36(29)46-37;1-15(2,3)13-9-10-14(16-11-13)12-7-5-4-6-8-12;/h5-16,18-25H,1-4H3;4-7,9-11H,1-3H3;/q2*-1;. The van der Waals surface area contributed by atoms with Crippen LogP contribution in [0.15, 0.2) is 161 Å². The number of rotatable bonds is 6. The molecule has 6 nitrogen and oxygen atoms in total. The van der Waals surface area contributed by atoms with Crippen LogP contribution in [0.5, 0.6) is 0 Å². The Morgan fingerprint density at radius 2 is 1.33 bits per heavy atom. The second-order valence-electron chi connectivity index (χ2n) is 17.9. The predicted molar refractivity (Wildman–Crippen MR) is 259 cm³/mol. The van der Waals surface area contributed by atoms with Gasteiger partial charge in [0.25, 0.3) is 0 Å². The number of imidazole rings is 1. The van der Waals surface area contributed by atoms with E-state index in [1.54, 1.807) is 0 Å². The Morgan fingerprint density at radius 1 is 0.609 bits per heavy atom. The van der Waals surface area contributed by atoms with E-state index in [9.17, 15) is 0 Å². The minimum absolute atomic E-state index is 0. The van der Waals surface area contributed by atoms with E-state index in [4.69, 9.17) is 18.8 Å². The van der Waals surface area contributed by atoms with Gasteiger partial charge in [-0.15, -0.1) is 54.1 Å². The van der Waals surface area contributed by atoms with E-state index in [0.717, 1.165) is 66.5 Å². The Morgan fingerprint density at radius 3 is 2.03 bits per heavy atom. The van der Waals surface area contributed by atoms with Gasteiger partial charge in [0.15, 0.2) is 5.58 Å². The number of hydrogen-bond acceptors (Lipinski definition) is 5. The molecule has 0 unspecified atom stereocenters. The maximum atomic E-state index is 6.65. The van der Waals surface area contributed by atoms with E-state index in [1.165, 1.54) is 33.5 Å². The first-order valence-electron chi connectivity index (χ1n) is 21.7. The van der Waals surface area contributed by atoms with Gasteiger partial charge in [0.05, 0.1) is 22.4 Å². The zero-order chi connectivity index (χ0) is 43.4. The first-order chi connectivity index (χ1) is 30.5. The number of nitrogens with zero attached hydrogens (tertiary/aromatic N) is 4. The Kier molecular flexibility index (Phi) is 11.4. The summed E-state index contributed by atoms with van der Waals surface area (Å²) in [5.74, 6) is 1.32. The average Bonchev–Trinajstić information content (AvgIpc) is 3.99. The van der Waals surface area contributed by atoms with Crippen LogP contribution in [0.25, 0.3) is 94.6 Å². The van der Waals surface area contributed by atoms with Gasteiger partial charge in [-0.1, -0.05) is 126 Å². The van der Waals surface area contributed by atoms with Crippen LogP contribution in [0.1, 0.15) is 77.0 Å². The monoisotopic (exact) mass is 1010 g/mol. The van der Waals surface area contributed by atoms with E-state index in [-0.39, 0.29) is 37.4 Å². The summed E-state index contributed by atoms with van der Waals surface area (Å²) in [4.78, 5) is 14.7. The van der Waals surface area contributed by atoms with Crippen LogP contribution in [0.3, 0.4) is 0 Å². The molecule has 0 aliphatic rings. The summed E-state index contributed by atoms with van der Waals surface area (Å²) in [5, 5.41) is 2.83. The van der Waals surface area contributed by atoms with Crippen molar-refractivity contribution in [2.45, 2.75) is 65.7 Å². The zero-order valence-electron chi connectivity index (χ0n) is 37.0. The van der Waals surface area contributed by atoms with Crippen LogP contribution >= 0.6 is 0 Å². The molecule has 0 fully saturated rings. The Bertz CT molecular complexity index is 3400. The van der Waals surface area contributed by atoms with Crippen molar-refractivity contribution in [1.29, 1.82) is 0 Å². The maximum Gasteiger partial charge on any atom is 0.216 e. The molecule has 0 saturated heterocycles. The molecule has 0 N–H and O–H groups in total. The molecule has 0 amide bonds. The van der Waals surface area contributed by atoms with Gasteiger partial charge in [-0.05, 0) is 93.2 Å². The molecular formula is C57H48IrN4O2-2. The fraction of sp³-hybridized carbons (Fsp3) is 0.175. The second kappa shape index (κ2) is 17.1. The SMILES string of the molecule is CC(C)(C)c1ccc(-c2[c-]cccc2)nc1.CC(C)c1cc(-c2ccccc2)cc(C(C)C)c1-n1c(-c2[c-]ccc3c2oc2nc4c(cc23)oc2ccccc24)nc2ccccc21.[Ir]. The molecule has 5 aromatic heterocycles. The summed E-state index contributed by atoms with van der Waals surface area (Å²) in [6.45, 7) is 15.7. The average molecular weight is 1010 g/mol. The van der Waals surface area contributed by atoms with Crippen molar-refractivity contribution in [1.82, 2.24) is 19.5 Å². The predicted octanol–water partition coefficient (Wildman–Crippen LogP) is 15.4. The van der Waals surface area contributed by atoms with E-state index in [0.29, 0.717) is 11.3 Å². The first-order valence-corrected chi connectivity index (χ1v) is 21.7. The first kappa shape index (κ1) is 42.6. The molecule has 0 spiro atoms. The van der Waals surface area contributed by atoms with Crippen LogP contribution in [0.2, 0.25) is 0 Å². The molecule has 11 aromatic rings. The smallest absolute Gasteiger partial charge is 0.216 e. The van der Waals surface area contributed by atoms with Gasteiger partial charge in [-0.3, -0.25) is 4.98 Å². The van der Waals surface area contributed by atoms with Crippen molar-refractivity contribution in [2.75, 3.05) is 0 Å². The van der Waals surface area contributed by atoms with Gasteiger partial charge in [0.2, 0.25) is 5.71 Å². The van der Waals surface area contributed by atoms with Crippen molar-refractivity contribution in [2.24, 2.45) is 0 Å². The molecule has 1 radical (unpaired) electrons. The van der Waals surface area contributed by atoms with Crippen LogP contribution in [0, 0.1) is 12.1 Å². The van der Waals surface area contributed by atoms with Gasteiger partial charge in [0.1, 0.15) is 11.1 Å². The third-order valence-corrected chi connectivity index (χ3v) is 11.9. The Balaban J connectivity index is 0.000000258. The number of fused-ring (bicyclic) bond motifs is 7. The van der Waals surface area contributed by atoms with Crippen LogP contribution in [0.4, 0.5) is 0 Å². The minimum atomic E-state index is 0. The summed E-state index contributed by atoms with van der Waals surface area (Å²) >= 11 is 0. The molecule has 319 valence electrons. The van der Waals surface area contributed by atoms with E-state index < -0.39 is 0 Å². The molecule has 6 aromatic carbocycles. The zero-order valence-corrected chi connectivity index (χ0v) is 39.4. The van der Waals surface area contributed by atoms with E-state index in [1.807, 2.05) is 79.0 Å². The molecule has 0 atom stereocenters. The van der Waals surface area contributed by atoms with Crippen molar-refractivity contribution in [3.63, 3.8) is 0 Å². The fourth-order valence-corrected chi connectivity index (χ4v) is 8.54. The molecule has 0 saturated carbocycles. The van der Waals surface area contributed by atoms with Crippen LogP contribution in [-0.4, -0.2) is 19.5 Å². The van der Waals surface area contributed by atoms with Gasteiger partial charge in [-0.25, -0.2) is 4.98 Å². The number of benzene rings is 6. The van der Waals surface area contributed by atoms with Crippen LogP contribution < -0.4 is 0 Å². The number of pyridine rings is 2. The van der Waals surface area contributed by atoms with Crippen molar-refractivity contribution in [3.05, 3.63) is 181 Å². The quantitative estimate of drug-likeness (QED) is 0.155. The third-order valence-electron chi connectivity index (χ3n) is 11.9. The van der Waals surface area contributed by atoms with Gasteiger partial charge < -0.3 is 18.4 Å². The van der Waals surface area contributed by atoms with Crippen LogP contribution in [-0.2, 0) is 25.5 Å². The second-order valence-corrected chi connectivity index (χ2v) is 17.9. The Labute approximate surface area is 387 Å². The molecule has 0 aliphatic heterocycles. The third kappa shape index (κ3) is 7.74. The van der Waals surface area contributed by atoms with Gasteiger partial charge >= 0.3 is 0 Å². The number of para-hydroxylation sites is 3. The van der Waals surface area contributed by atoms with E-state index in [2.05, 4.69) is 143 Å². The maximum absolute atomic E-state index is 6.65. The molecular weight excluding hydrogens is 965 g/mol. The summed E-state index contributed by atoms with van der Waals surface area (Å²) < 4.78 is 15.2. The van der Waals surface area contributed by atoms with Crippen molar-refractivity contribution in [3.8, 4) is 39.5 Å². The fourth-order valence-electron chi connectivity index (χ4n) is 8.54. The summed E-state index contributed by atoms with van der Waals surface area (Å²) in [5.41, 5.74) is 16.0. The van der Waals surface area contributed by atoms with Crippen molar-refractivity contribution >= 4 is 55.2 Å². The van der Waals surface area contributed by atoms with E-state index >= 15 is 0 Å². The molecule has 64 heavy (non-hydrogen) atoms. The normalized spacial score (nSPS) is 11.8. The topological polar surface area (TPSA) is 69.9 Å². The van der Waals surface area contributed by atoms with Gasteiger partial charge in [0, 0.05) is 42.8 Å². The molecule has 0 bridgehead atoms. The Hall–Kier alpha value is -6.66. The largest absolute Gasteiger partial charge is 0.486 e. The number of aromatic nitrogens is 4. The molecule has 5 heterocycles. The summed E-state index contributed by atoms with van der Waals surface area (Å²) in [6, 6.07) is 56.6. The molecule has 11 rings (SSSR count). The molecule has 7 heteroatoms. The van der Waals surface area contributed by atoms with Gasteiger partial charge in [-0.2, -0.15) is 0 Å². The number of furan rings is 2. The minimum Gasteiger partial charge on any atom is -0.486 e. The number of hydrogen-bond donors (Lipinski definition) is 0. The summed E-state index contributed by atoms with van der Waals surface area (Å²) in [7, 11) is 0. The van der Waals surface area contributed by atoms with Crippen molar-refractivity contribution < 1.29 is 28.9 Å². The molecule has 0 aliphatic carbocycles. The summed E-state index contributed by atoms with van der Waals surface area (Å²) in [6.07, 6.45) is 1.95.